The maximum atomic E-state index is 5.74. The molecule has 0 saturated heterocycles. The number of hydrogen-bond donors (Lipinski definition) is 2. The standard InChI is InChI=1S/C11H15N5S/c1-6-4-17-11(15-6)8(3)16-10-7(2)9(12)13-5-14-10/h4-5,8H,1-3H3,(H3,12,13,14,16). The number of nitrogens with one attached hydrogen (secondary N) is 1. The lowest BCUT2D eigenvalue weighted by Gasteiger charge is -2.14. The second-order valence-electron chi connectivity index (χ2n) is 3.93. The monoisotopic (exact) mass is 249 g/mol. The minimum absolute atomic E-state index is 0.113. The Kier molecular flexibility index (Phi) is 3.23. The molecule has 0 radical (unpaired) electrons. The lowest BCUT2D eigenvalue weighted by molar-refractivity contribution is 0.850. The van der Waals surface area contributed by atoms with Crippen LogP contribution in [0.4, 0.5) is 11.6 Å². The van der Waals surface area contributed by atoms with Crippen molar-refractivity contribution in [1.82, 2.24) is 15.0 Å². The molecule has 2 heterocycles. The first-order valence-electron chi connectivity index (χ1n) is 5.33. The largest absolute Gasteiger partial charge is 0.383 e. The number of hydrogen-bond acceptors (Lipinski definition) is 6. The Morgan fingerprint density at radius 1 is 1.35 bits per heavy atom. The molecule has 0 bridgehead atoms. The van der Waals surface area contributed by atoms with E-state index in [9.17, 15) is 0 Å². The molecule has 0 amide bonds. The second kappa shape index (κ2) is 4.67. The van der Waals surface area contributed by atoms with E-state index in [2.05, 4.69) is 27.2 Å². The van der Waals surface area contributed by atoms with Gasteiger partial charge in [0, 0.05) is 16.6 Å². The smallest absolute Gasteiger partial charge is 0.134 e. The van der Waals surface area contributed by atoms with Crippen molar-refractivity contribution in [1.29, 1.82) is 0 Å². The number of aromatic nitrogens is 3. The maximum Gasteiger partial charge on any atom is 0.134 e. The average Bonchev–Trinajstić information content (AvgIpc) is 2.72. The third kappa shape index (κ3) is 2.52. The molecule has 0 saturated carbocycles. The molecule has 2 aromatic heterocycles. The Bertz CT molecular complexity index is 522. The molecule has 0 aliphatic rings. The molecule has 2 rings (SSSR count). The van der Waals surface area contributed by atoms with Crippen molar-refractivity contribution in [2.24, 2.45) is 0 Å². The van der Waals surface area contributed by atoms with Crippen LogP contribution in [0.5, 0.6) is 0 Å². The molecule has 6 heteroatoms. The van der Waals surface area contributed by atoms with Gasteiger partial charge in [-0.15, -0.1) is 11.3 Å². The number of nitrogen functional groups attached to an aromatic ring is 1. The van der Waals surface area contributed by atoms with E-state index in [0.717, 1.165) is 22.1 Å². The van der Waals surface area contributed by atoms with Crippen molar-refractivity contribution in [3.63, 3.8) is 0 Å². The quantitative estimate of drug-likeness (QED) is 0.872. The van der Waals surface area contributed by atoms with Crippen molar-refractivity contribution >= 4 is 23.0 Å². The van der Waals surface area contributed by atoms with Crippen LogP contribution in [0.3, 0.4) is 0 Å². The van der Waals surface area contributed by atoms with Crippen molar-refractivity contribution in [3.05, 3.63) is 28.0 Å². The Morgan fingerprint density at radius 3 is 2.76 bits per heavy atom. The van der Waals surface area contributed by atoms with Crippen molar-refractivity contribution in [2.75, 3.05) is 11.1 Å². The summed E-state index contributed by atoms with van der Waals surface area (Å²) in [5, 5.41) is 6.37. The van der Waals surface area contributed by atoms with Crippen LogP contribution < -0.4 is 11.1 Å². The molecule has 1 unspecified atom stereocenters. The van der Waals surface area contributed by atoms with Crippen molar-refractivity contribution < 1.29 is 0 Å². The van der Waals surface area contributed by atoms with Crippen molar-refractivity contribution in [2.45, 2.75) is 26.8 Å². The van der Waals surface area contributed by atoms with E-state index < -0.39 is 0 Å². The van der Waals surface area contributed by atoms with Gasteiger partial charge >= 0.3 is 0 Å². The van der Waals surface area contributed by atoms with Gasteiger partial charge in [-0.1, -0.05) is 0 Å². The number of aryl methyl sites for hydroxylation is 1. The molecule has 5 nitrogen and oxygen atoms in total. The fourth-order valence-corrected chi connectivity index (χ4v) is 2.25. The first-order valence-corrected chi connectivity index (χ1v) is 6.21. The lowest BCUT2D eigenvalue weighted by atomic mass is 10.3. The van der Waals surface area contributed by atoms with Crippen LogP contribution in [0.2, 0.25) is 0 Å². The molecule has 0 aliphatic heterocycles. The molecule has 1 atom stereocenters. The highest BCUT2D eigenvalue weighted by atomic mass is 32.1. The van der Waals surface area contributed by atoms with Crippen LogP contribution >= 0.6 is 11.3 Å². The van der Waals surface area contributed by atoms with Crippen LogP contribution in [-0.4, -0.2) is 15.0 Å². The van der Waals surface area contributed by atoms with E-state index in [-0.39, 0.29) is 6.04 Å². The van der Waals surface area contributed by atoms with Gasteiger partial charge in [-0.05, 0) is 20.8 Å². The molecule has 3 N–H and O–H groups in total. The predicted octanol–water partition coefficient (Wildman–Crippen LogP) is 2.31. The van der Waals surface area contributed by atoms with Crippen LogP contribution in [-0.2, 0) is 0 Å². The summed E-state index contributed by atoms with van der Waals surface area (Å²) in [6, 6.07) is 0.113. The number of anilines is 2. The molecule has 17 heavy (non-hydrogen) atoms. The van der Waals surface area contributed by atoms with E-state index in [1.165, 1.54) is 6.33 Å². The topological polar surface area (TPSA) is 76.7 Å². The van der Waals surface area contributed by atoms with Gasteiger partial charge in [-0.3, -0.25) is 0 Å². The number of rotatable bonds is 3. The first kappa shape index (κ1) is 11.8. The average molecular weight is 249 g/mol. The molecule has 0 aliphatic carbocycles. The van der Waals surface area contributed by atoms with Crippen LogP contribution in [0.25, 0.3) is 0 Å². The Labute approximate surface area is 104 Å². The molecule has 90 valence electrons. The molecule has 0 spiro atoms. The molecular weight excluding hydrogens is 234 g/mol. The fraction of sp³-hybridized carbons (Fsp3) is 0.364. The SMILES string of the molecule is Cc1csc(C(C)Nc2ncnc(N)c2C)n1. The van der Waals surface area contributed by atoms with Gasteiger partial charge in [0.15, 0.2) is 0 Å². The van der Waals surface area contributed by atoms with Crippen LogP contribution in [0.1, 0.15) is 29.2 Å². The zero-order chi connectivity index (χ0) is 12.4. The third-order valence-electron chi connectivity index (χ3n) is 2.48. The molecular formula is C11H15N5S. The highest BCUT2D eigenvalue weighted by molar-refractivity contribution is 7.09. The third-order valence-corrected chi connectivity index (χ3v) is 3.63. The maximum absolute atomic E-state index is 5.74. The molecule has 0 aromatic carbocycles. The Balaban J connectivity index is 2.18. The highest BCUT2D eigenvalue weighted by Gasteiger charge is 2.12. The van der Waals surface area contributed by atoms with E-state index in [0.29, 0.717) is 5.82 Å². The number of nitrogens with two attached hydrogens (primary N) is 1. The second-order valence-corrected chi connectivity index (χ2v) is 4.82. The number of nitrogens with zero attached hydrogens (tertiary/aromatic N) is 3. The van der Waals surface area contributed by atoms with E-state index in [1.54, 1.807) is 11.3 Å². The van der Waals surface area contributed by atoms with Gasteiger partial charge in [-0.2, -0.15) is 0 Å². The van der Waals surface area contributed by atoms with Crippen LogP contribution in [0.15, 0.2) is 11.7 Å². The van der Waals surface area contributed by atoms with Gasteiger partial charge in [0.1, 0.15) is 23.0 Å². The highest BCUT2D eigenvalue weighted by Crippen LogP contribution is 2.24. The summed E-state index contributed by atoms with van der Waals surface area (Å²) in [4.78, 5) is 12.6. The van der Waals surface area contributed by atoms with Crippen LogP contribution in [0, 0.1) is 13.8 Å². The zero-order valence-corrected chi connectivity index (χ0v) is 10.9. The van der Waals surface area contributed by atoms with E-state index in [1.807, 2.05) is 19.2 Å². The Morgan fingerprint density at radius 2 is 2.12 bits per heavy atom. The summed E-state index contributed by atoms with van der Waals surface area (Å²) in [7, 11) is 0. The molecule has 2 aromatic rings. The summed E-state index contributed by atoms with van der Waals surface area (Å²) in [6.45, 7) is 5.94. The van der Waals surface area contributed by atoms with Gasteiger partial charge in [0.2, 0.25) is 0 Å². The zero-order valence-electron chi connectivity index (χ0n) is 10.1. The summed E-state index contributed by atoms with van der Waals surface area (Å²) >= 11 is 1.64. The normalized spacial score (nSPS) is 12.4. The van der Waals surface area contributed by atoms with Gasteiger partial charge in [0.25, 0.3) is 0 Å². The summed E-state index contributed by atoms with van der Waals surface area (Å²) in [6.07, 6.45) is 1.46. The van der Waals surface area contributed by atoms with E-state index in [4.69, 9.17) is 5.73 Å². The first-order chi connectivity index (χ1) is 8.08. The minimum atomic E-state index is 0.113. The van der Waals surface area contributed by atoms with Gasteiger partial charge < -0.3 is 11.1 Å². The lowest BCUT2D eigenvalue weighted by Crippen LogP contribution is -2.10. The predicted molar refractivity (Wildman–Crippen MR) is 70.1 cm³/mol. The number of thiazole rings is 1. The van der Waals surface area contributed by atoms with Gasteiger partial charge in [0.05, 0.1) is 6.04 Å². The van der Waals surface area contributed by atoms with E-state index >= 15 is 0 Å². The summed E-state index contributed by atoms with van der Waals surface area (Å²) in [5.74, 6) is 1.27. The summed E-state index contributed by atoms with van der Waals surface area (Å²) < 4.78 is 0. The van der Waals surface area contributed by atoms with Gasteiger partial charge in [-0.25, -0.2) is 15.0 Å². The summed E-state index contributed by atoms with van der Waals surface area (Å²) in [5.41, 5.74) is 7.64. The molecule has 0 fully saturated rings. The fourth-order valence-electron chi connectivity index (χ4n) is 1.45. The van der Waals surface area contributed by atoms with Crippen molar-refractivity contribution in [3.8, 4) is 0 Å². The Hall–Kier alpha value is -1.69. The minimum Gasteiger partial charge on any atom is -0.383 e.